The van der Waals surface area contributed by atoms with Crippen molar-refractivity contribution in [2.75, 3.05) is 11.4 Å². The summed E-state index contributed by atoms with van der Waals surface area (Å²) in [5.74, 6) is -0.367. The van der Waals surface area contributed by atoms with Crippen molar-refractivity contribution in [3.8, 4) is 0 Å². The molecule has 144 valence electrons. The third-order valence-corrected chi connectivity index (χ3v) is 5.96. The lowest BCUT2D eigenvalue weighted by molar-refractivity contribution is -0.126. The van der Waals surface area contributed by atoms with Gasteiger partial charge in [0.2, 0.25) is 11.8 Å². The number of benzene rings is 1. The van der Waals surface area contributed by atoms with Crippen LogP contribution in [0, 0.1) is 12.8 Å². The molecule has 1 fully saturated rings. The van der Waals surface area contributed by atoms with Crippen molar-refractivity contribution in [3.63, 3.8) is 0 Å². The number of hydrogen-bond donors (Lipinski definition) is 1. The van der Waals surface area contributed by atoms with Gasteiger partial charge in [-0.05, 0) is 37.8 Å². The molecule has 6 heteroatoms. The number of carbonyl (C=O) groups excluding carboxylic acids is 2. The molecule has 2 aromatic rings. The van der Waals surface area contributed by atoms with Gasteiger partial charge in [0.05, 0.1) is 22.7 Å². The average molecular weight is 386 g/mol. The molecule has 0 bridgehead atoms. The zero-order chi connectivity index (χ0) is 19.6. The van der Waals surface area contributed by atoms with Crippen molar-refractivity contribution < 1.29 is 9.59 Å². The van der Waals surface area contributed by atoms with Gasteiger partial charge in [-0.25, -0.2) is 4.98 Å². The number of anilines is 1. The first-order valence-corrected chi connectivity index (χ1v) is 10.5. The molecule has 5 nitrogen and oxygen atoms in total. The van der Waals surface area contributed by atoms with Gasteiger partial charge in [-0.1, -0.05) is 32.0 Å². The van der Waals surface area contributed by atoms with Gasteiger partial charge in [0, 0.05) is 24.0 Å². The van der Waals surface area contributed by atoms with Crippen LogP contribution in [0.4, 0.5) is 5.69 Å². The summed E-state index contributed by atoms with van der Waals surface area (Å²) in [4.78, 5) is 31.7. The minimum absolute atomic E-state index is 0.0305. The maximum atomic E-state index is 12.8. The van der Waals surface area contributed by atoms with Crippen molar-refractivity contribution in [1.82, 2.24) is 10.3 Å². The van der Waals surface area contributed by atoms with Gasteiger partial charge in [-0.15, -0.1) is 11.3 Å². The molecule has 0 spiro atoms. The van der Waals surface area contributed by atoms with E-state index in [1.807, 2.05) is 30.2 Å². The maximum Gasteiger partial charge on any atom is 0.227 e. The van der Waals surface area contributed by atoms with E-state index in [0.717, 1.165) is 40.4 Å². The summed E-state index contributed by atoms with van der Waals surface area (Å²) in [6.07, 6.45) is 1.99. The molecule has 3 rings (SSSR count). The van der Waals surface area contributed by atoms with E-state index in [1.165, 1.54) is 0 Å². The Morgan fingerprint density at radius 1 is 1.33 bits per heavy atom. The molecule has 2 atom stereocenters. The fourth-order valence-corrected chi connectivity index (χ4v) is 4.35. The number of thiazole rings is 1. The molecular weight excluding hydrogens is 358 g/mol. The molecule has 1 N–H and O–H groups in total. The fourth-order valence-electron chi connectivity index (χ4n) is 3.65. The Morgan fingerprint density at radius 3 is 2.56 bits per heavy atom. The Labute approximate surface area is 164 Å². The minimum atomic E-state index is -0.325. The summed E-state index contributed by atoms with van der Waals surface area (Å²) in [6, 6.07) is 6.04. The van der Waals surface area contributed by atoms with Crippen LogP contribution >= 0.6 is 11.3 Å². The van der Waals surface area contributed by atoms with Crippen molar-refractivity contribution in [2.45, 2.75) is 53.0 Å². The van der Waals surface area contributed by atoms with E-state index in [2.05, 4.69) is 36.3 Å². The molecule has 0 saturated carbocycles. The first-order valence-electron chi connectivity index (χ1n) is 9.58. The first kappa shape index (κ1) is 19.5. The number of rotatable bonds is 6. The van der Waals surface area contributed by atoms with E-state index in [1.54, 1.807) is 11.3 Å². The van der Waals surface area contributed by atoms with Gasteiger partial charge in [0.1, 0.15) is 0 Å². The number of carbonyl (C=O) groups is 2. The standard InChI is InChI=1S/C21H27N3O2S/c1-5-15-8-7-9-16(6-2)20(15)24-11-17(10-19(24)25)21(26)22-13(3)18-12-27-14(4)23-18/h7-9,12-13,17H,5-6,10-11H2,1-4H3,(H,22,26). The molecule has 0 radical (unpaired) electrons. The molecule has 2 amide bonds. The molecule has 1 aliphatic rings. The van der Waals surface area contributed by atoms with E-state index >= 15 is 0 Å². The van der Waals surface area contributed by atoms with Gasteiger partial charge in [0.25, 0.3) is 0 Å². The van der Waals surface area contributed by atoms with Crippen LogP contribution in [0.2, 0.25) is 0 Å². The Kier molecular flexibility index (Phi) is 5.95. The van der Waals surface area contributed by atoms with Gasteiger partial charge in [0.15, 0.2) is 0 Å². The number of nitrogens with one attached hydrogen (secondary N) is 1. The van der Waals surface area contributed by atoms with Crippen LogP contribution in [-0.4, -0.2) is 23.3 Å². The molecule has 2 heterocycles. The predicted octanol–water partition coefficient (Wildman–Crippen LogP) is 3.81. The van der Waals surface area contributed by atoms with Crippen LogP contribution in [-0.2, 0) is 22.4 Å². The van der Waals surface area contributed by atoms with E-state index in [-0.39, 0.29) is 30.2 Å². The summed E-state index contributed by atoms with van der Waals surface area (Å²) in [6.45, 7) is 8.52. The van der Waals surface area contributed by atoms with Crippen LogP contribution in [0.25, 0.3) is 0 Å². The third kappa shape index (κ3) is 4.05. The summed E-state index contributed by atoms with van der Waals surface area (Å²) in [7, 11) is 0. The lowest BCUT2D eigenvalue weighted by Gasteiger charge is -2.23. The van der Waals surface area contributed by atoms with Crippen molar-refractivity contribution in [2.24, 2.45) is 5.92 Å². The molecule has 27 heavy (non-hydrogen) atoms. The quantitative estimate of drug-likeness (QED) is 0.822. The molecule has 2 unspecified atom stereocenters. The van der Waals surface area contributed by atoms with Gasteiger partial charge < -0.3 is 10.2 Å². The van der Waals surface area contributed by atoms with Crippen LogP contribution < -0.4 is 10.2 Å². The van der Waals surface area contributed by atoms with Crippen molar-refractivity contribution in [3.05, 3.63) is 45.4 Å². The smallest absolute Gasteiger partial charge is 0.227 e. The Morgan fingerprint density at radius 2 is 2.00 bits per heavy atom. The topological polar surface area (TPSA) is 62.3 Å². The number of nitrogens with zero attached hydrogens (tertiary/aromatic N) is 2. The zero-order valence-corrected chi connectivity index (χ0v) is 17.2. The Hall–Kier alpha value is -2.21. The number of aryl methyl sites for hydroxylation is 3. The molecular formula is C21H27N3O2S. The fraction of sp³-hybridized carbons (Fsp3) is 0.476. The second-order valence-corrected chi connectivity index (χ2v) is 8.12. The normalized spacial score (nSPS) is 18.0. The van der Waals surface area contributed by atoms with E-state index in [4.69, 9.17) is 0 Å². The van der Waals surface area contributed by atoms with Crippen molar-refractivity contribution >= 4 is 28.8 Å². The minimum Gasteiger partial charge on any atom is -0.348 e. The van der Waals surface area contributed by atoms with E-state index in [0.29, 0.717) is 6.54 Å². The molecule has 1 aliphatic heterocycles. The zero-order valence-electron chi connectivity index (χ0n) is 16.4. The SMILES string of the molecule is CCc1cccc(CC)c1N1CC(C(=O)NC(C)c2csc(C)n2)CC1=O. The summed E-state index contributed by atoms with van der Waals surface area (Å²) >= 11 is 1.57. The van der Waals surface area contributed by atoms with Gasteiger partial charge in [-0.3, -0.25) is 9.59 Å². The number of hydrogen-bond acceptors (Lipinski definition) is 4. The summed E-state index contributed by atoms with van der Waals surface area (Å²) < 4.78 is 0. The van der Waals surface area contributed by atoms with Crippen LogP contribution in [0.3, 0.4) is 0 Å². The molecule has 0 aliphatic carbocycles. The largest absolute Gasteiger partial charge is 0.348 e. The van der Waals surface area contributed by atoms with Gasteiger partial charge in [-0.2, -0.15) is 0 Å². The van der Waals surface area contributed by atoms with Gasteiger partial charge >= 0.3 is 0 Å². The highest BCUT2D eigenvalue weighted by Gasteiger charge is 2.37. The summed E-state index contributed by atoms with van der Waals surface area (Å²) in [5.41, 5.74) is 4.20. The highest BCUT2D eigenvalue weighted by molar-refractivity contribution is 7.09. The lowest BCUT2D eigenvalue weighted by atomic mass is 10.0. The Balaban J connectivity index is 1.75. The first-order chi connectivity index (χ1) is 12.9. The van der Waals surface area contributed by atoms with Crippen LogP contribution in [0.1, 0.15) is 55.1 Å². The lowest BCUT2D eigenvalue weighted by Crippen LogP contribution is -2.35. The summed E-state index contributed by atoms with van der Waals surface area (Å²) in [5, 5.41) is 5.98. The van der Waals surface area contributed by atoms with E-state index < -0.39 is 0 Å². The highest BCUT2D eigenvalue weighted by Crippen LogP contribution is 2.32. The van der Waals surface area contributed by atoms with Crippen molar-refractivity contribution in [1.29, 1.82) is 0 Å². The van der Waals surface area contributed by atoms with E-state index in [9.17, 15) is 9.59 Å². The molecule has 1 saturated heterocycles. The van der Waals surface area contributed by atoms with Crippen LogP contribution in [0.15, 0.2) is 23.6 Å². The number of aromatic nitrogens is 1. The average Bonchev–Trinajstić information content (AvgIpc) is 3.26. The van der Waals surface area contributed by atoms with Crippen LogP contribution in [0.5, 0.6) is 0 Å². The second kappa shape index (κ2) is 8.21. The monoisotopic (exact) mass is 385 g/mol. The third-order valence-electron chi connectivity index (χ3n) is 5.17. The maximum absolute atomic E-state index is 12.8. The second-order valence-electron chi connectivity index (χ2n) is 7.06. The Bertz CT molecular complexity index is 823. The highest BCUT2D eigenvalue weighted by atomic mass is 32.1. The number of para-hydroxylation sites is 1. The predicted molar refractivity (Wildman–Crippen MR) is 109 cm³/mol. The molecule has 1 aromatic heterocycles. The molecule has 1 aromatic carbocycles. The number of amides is 2.